The molecule has 0 spiro atoms. The van der Waals surface area contributed by atoms with E-state index < -0.39 is 23.2 Å². The summed E-state index contributed by atoms with van der Waals surface area (Å²) in [6.45, 7) is 5.32. The molecular weight excluding hydrogens is 385 g/mol. The Morgan fingerprint density at radius 3 is 2.66 bits per heavy atom. The maximum Gasteiger partial charge on any atom is 0.418 e. The molecule has 0 aromatic carbocycles. The van der Waals surface area contributed by atoms with Crippen molar-refractivity contribution in [3.05, 3.63) is 53.0 Å². The number of pyridine rings is 2. The molecule has 3 rings (SSSR count). The Balaban J connectivity index is 1.84. The summed E-state index contributed by atoms with van der Waals surface area (Å²) in [5, 5.41) is 0. The Morgan fingerprint density at radius 2 is 2.00 bits per heavy atom. The van der Waals surface area contributed by atoms with Gasteiger partial charge in [-0.25, -0.2) is 4.98 Å². The molecule has 29 heavy (non-hydrogen) atoms. The zero-order valence-electron chi connectivity index (χ0n) is 16.3. The molecule has 1 unspecified atom stereocenters. The Labute approximate surface area is 167 Å². The van der Waals surface area contributed by atoms with Crippen molar-refractivity contribution in [3.8, 4) is 5.88 Å². The molecule has 1 aliphatic rings. The highest BCUT2D eigenvalue weighted by atomic mass is 19.4. The van der Waals surface area contributed by atoms with Gasteiger partial charge in [-0.15, -0.1) is 0 Å². The number of halogens is 3. The quantitative estimate of drug-likeness (QED) is 0.660. The van der Waals surface area contributed by atoms with Crippen LogP contribution in [0.4, 0.5) is 13.2 Å². The number of rotatable bonds is 6. The van der Waals surface area contributed by atoms with Crippen molar-refractivity contribution < 1.29 is 27.4 Å². The number of hydrogen-bond acceptors (Lipinski definition) is 5. The van der Waals surface area contributed by atoms with E-state index in [1.54, 1.807) is 6.92 Å². The van der Waals surface area contributed by atoms with Gasteiger partial charge in [-0.3, -0.25) is 9.78 Å². The third-order valence-corrected chi connectivity index (χ3v) is 5.21. The number of ketones is 1. The highest BCUT2D eigenvalue weighted by Crippen LogP contribution is 2.34. The van der Waals surface area contributed by atoms with Crippen molar-refractivity contribution in [2.24, 2.45) is 11.8 Å². The zero-order valence-corrected chi connectivity index (χ0v) is 16.3. The maximum absolute atomic E-state index is 13.5. The van der Waals surface area contributed by atoms with Crippen molar-refractivity contribution in [1.82, 2.24) is 9.97 Å². The van der Waals surface area contributed by atoms with Crippen molar-refractivity contribution >= 4 is 5.78 Å². The van der Waals surface area contributed by atoms with E-state index in [2.05, 4.69) is 9.97 Å². The Kier molecular flexibility index (Phi) is 6.52. The average Bonchev–Trinajstić information content (AvgIpc) is 2.71. The van der Waals surface area contributed by atoms with E-state index in [-0.39, 0.29) is 17.4 Å². The predicted octanol–water partition coefficient (Wildman–Crippen LogP) is 4.48. The molecule has 0 amide bonds. The lowest BCUT2D eigenvalue weighted by Gasteiger charge is -2.27. The third kappa shape index (κ3) is 5.12. The van der Waals surface area contributed by atoms with Gasteiger partial charge in [0, 0.05) is 36.7 Å². The van der Waals surface area contributed by atoms with E-state index in [0.29, 0.717) is 31.4 Å². The third-order valence-electron chi connectivity index (χ3n) is 5.21. The summed E-state index contributed by atoms with van der Waals surface area (Å²) in [7, 11) is 0. The largest absolute Gasteiger partial charge is 0.477 e. The summed E-state index contributed by atoms with van der Waals surface area (Å²) in [5.41, 5.74) is -1.34. The number of aryl methyl sites for hydroxylation is 1. The fraction of sp³-hybridized carbons (Fsp3) is 0.476. The van der Waals surface area contributed by atoms with Crippen LogP contribution in [-0.2, 0) is 10.9 Å². The lowest BCUT2D eigenvalue weighted by Crippen LogP contribution is -2.26. The number of ether oxygens (including phenoxy) is 2. The Bertz CT molecular complexity index is 864. The van der Waals surface area contributed by atoms with Gasteiger partial charge < -0.3 is 9.47 Å². The highest BCUT2D eigenvalue weighted by molar-refractivity contribution is 6.09. The number of hydrogen-bond donors (Lipinski definition) is 0. The second-order valence-corrected chi connectivity index (χ2v) is 7.25. The van der Waals surface area contributed by atoms with Crippen molar-refractivity contribution in [2.75, 3.05) is 19.8 Å². The van der Waals surface area contributed by atoms with Crippen LogP contribution in [0.25, 0.3) is 0 Å². The van der Waals surface area contributed by atoms with E-state index >= 15 is 0 Å². The van der Waals surface area contributed by atoms with Crippen molar-refractivity contribution in [1.29, 1.82) is 0 Å². The van der Waals surface area contributed by atoms with E-state index in [1.807, 2.05) is 6.92 Å². The normalized spacial score (nSPS) is 16.4. The first-order chi connectivity index (χ1) is 13.8. The van der Waals surface area contributed by atoms with Crippen molar-refractivity contribution in [2.45, 2.75) is 32.9 Å². The van der Waals surface area contributed by atoms with Crippen molar-refractivity contribution in [3.63, 3.8) is 0 Å². The smallest absolute Gasteiger partial charge is 0.418 e. The lowest BCUT2D eigenvalue weighted by molar-refractivity contribution is -0.138. The lowest BCUT2D eigenvalue weighted by atomic mass is 9.88. The molecule has 0 bridgehead atoms. The fourth-order valence-electron chi connectivity index (χ4n) is 3.41. The van der Waals surface area contributed by atoms with E-state index in [1.165, 1.54) is 18.3 Å². The number of carbonyl (C=O) groups is 1. The fourth-order valence-corrected chi connectivity index (χ4v) is 3.41. The minimum atomic E-state index is -4.71. The van der Waals surface area contributed by atoms with Gasteiger partial charge in [0.1, 0.15) is 5.69 Å². The molecule has 0 saturated carbocycles. The van der Waals surface area contributed by atoms with E-state index in [4.69, 9.17) is 9.47 Å². The molecule has 156 valence electrons. The van der Waals surface area contributed by atoms with E-state index in [9.17, 15) is 18.0 Å². The number of alkyl halides is 3. The van der Waals surface area contributed by atoms with Crippen LogP contribution in [0.15, 0.2) is 30.5 Å². The van der Waals surface area contributed by atoms with Gasteiger partial charge in [0.05, 0.1) is 12.2 Å². The van der Waals surface area contributed by atoms with Crippen LogP contribution in [0.3, 0.4) is 0 Å². The topological polar surface area (TPSA) is 61.3 Å². The van der Waals surface area contributed by atoms with Crippen LogP contribution >= 0.6 is 0 Å². The van der Waals surface area contributed by atoms with Gasteiger partial charge in [-0.05, 0) is 49.8 Å². The van der Waals surface area contributed by atoms with Gasteiger partial charge in [-0.2, -0.15) is 13.2 Å². The second kappa shape index (κ2) is 8.90. The summed E-state index contributed by atoms with van der Waals surface area (Å²) in [5.74, 6) is -0.201. The van der Waals surface area contributed by atoms with Crippen LogP contribution in [0.5, 0.6) is 5.88 Å². The summed E-state index contributed by atoms with van der Waals surface area (Å²) in [6.07, 6.45) is -1.38. The van der Waals surface area contributed by atoms with Crippen LogP contribution < -0.4 is 4.74 Å². The first kappa shape index (κ1) is 21.2. The summed E-state index contributed by atoms with van der Waals surface area (Å²) in [4.78, 5) is 20.7. The molecule has 0 N–H and O–H groups in total. The molecule has 8 heteroatoms. The first-order valence-corrected chi connectivity index (χ1v) is 9.52. The number of nitrogens with zero attached hydrogens (tertiary/aromatic N) is 2. The molecule has 2 aromatic heterocycles. The highest BCUT2D eigenvalue weighted by Gasteiger charge is 2.37. The predicted molar refractivity (Wildman–Crippen MR) is 99.8 cm³/mol. The number of aromatic nitrogens is 2. The summed E-state index contributed by atoms with van der Waals surface area (Å²) >= 11 is 0. The first-order valence-electron chi connectivity index (χ1n) is 9.52. The Hall–Kier alpha value is -2.48. The molecular formula is C21H23F3N2O3. The minimum Gasteiger partial charge on any atom is -0.477 e. The zero-order chi connectivity index (χ0) is 21.0. The second-order valence-electron chi connectivity index (χ2n) is 7.25. The van der Waals surface area contributed by atoms with Crippen LogP contribution in [0.2, 0.25) is 0 Å². The van der Waals surface area contributed by atoms with Crippen LogP contribution in [0, 0.1) is 18.8 Å². The standard InChI is InChI=1S/C21H23F3N2O3/c1-13(15-7-10-28-11-8-15)12-29-18-6-5-17(21(22,23)24)19(26-18)20(27)16-4-3-9-25-14(16)2/h3-6,9,13,15H,7-8,10-12H2,1-2H3. The van der Waals surface area contributed by atoms with Crippen LogP contribution in [-0.4, -0.2) is 35.6 Å². The van der Waals surface area contributed by atoms with E-state index in [0.717, 1.165) is 25.0 Å². The summed E-state index contributed by atoms with van der Waals surface area (Å²) in [6, 6.07) is 4.95. The van der Waals surface area contributed by atoms with Gasteiger partial charge in [0.15, 0.2) is 0 Å². The molecule has 1 atom stereocenters. The number of carbonyl (C=O) groups excluding carboxylic acids is 1. The molecule has 0 aliphatic carbocycles. The van der Waals surface area contributed by atoms with Gasteiger partial charge in [0.25, 0.3) is 0 Å². The molecule has 1 fully saturated rings. The maximum atomic E-state index is 13.5. The molecule has 1 aliphatic heterocycles. The molecule has 5 nitrogen and oxygen atoms in total. The van der Waals surface area contributed by atoms with Gasteiger partial charge in [0.2, 0.25) is 11.7 Å². The summed E-state index contributed by atoms with van der Waals surface area (Å²) < 4.78 is 51.4. The Morgan fingerprint density at radius 1 is 1.28 bits per heavy atom. The van der Waals surface area contributed by atoms with Gasteiger partial charge >= 0.3 is 6.18 Å². The molecule has 1 saturated heterocycles. The minimum absolute atomic E-state index is 0.00167. The average molecular weight is 408 g/mol. The van der Waals surface area contributed by atoms with Gasteiger partial charge in [-0.1, -0.05) is 6.92 Å². The SMILES string of the molecule is Cc1ncccc1C(=O)c1nc(OCC(C)C2CCOCC2)ccc1C(F)(F)F. The van der Waals surface area contributed by atoms with Crippen LogP contribution in [0.1, 0.15) is 47.1 Å². The molecule has 3 heterocycles. The molecule has 0 radical (unpaired) electrons. The monoisotopic (exact) mass is 408 g/mol. The molecule has 2 aromatic rings.